The topological polar surface area (TPSA) is 91.3 Å². The number of carbonyl (C=O) groups is 2. The third kappa shape index (κ3) is 8.96. The fraction of sp³-hybridized carbons (Fsp3) is 0.316. The van der Waals surface area contributed by atoms with E-state index in [0.29, 0.717) is 36.6 Å². The van der Waals surface area contributed by atoms with Crippen molar-refractivity contribution in [3.8, 4) is 17.2 Å². The fourth-order valence-electron chi connectivity index (χ4n) is 5.68. The Hall–Kier alpha value is -4.66. The normalized spacial score (nSPS) is 17.2. The number of rotatable bonds is 11. The summed E-state index contributed by atoms with van der Waals surface area (Å²) in [6, 6.07) is 32.5. The molecule has 0 bridgehead atoms. The molecule has 0 unspecified atom stereocenters. The SMILES string of the molecule is C[C@@H]1CN([C@H](C)CO)C(=O)Cc2cc(NC(=O)Cc3ccccc3)ccc2O[C@@H]1CN(C)Cc1ccc(Oc2ccccc2)cc1. The number of likely N-dealkylation sites (N-methyl/N-ethyl adjacent to an activating group) is 1. The number of aliphatic hydroxyl groups is 1. The monoisotopic (exact) mass is 621 g/mol. The minimum Gasteiger partial charge on any atom is -0.488 e. The number of hydrogen-bond acceptors (Lipinski definition) is 6. The predicted molar refractivity (Wildman–Crippen MR) is 180 cm³/mol. The van der Waals surface area contributed by atoms with Gasteiger partial charge in [-0.25, -0.2) is 0 Å². The summed E-state index contributed by atoms with van der Waals surface area (Å²) in [5.74, 6) is 1.96. The molecule has 5 rings (SSSR count). The smallest absolute Gasteiger partial charge is 0.228 e. The van der Waals surface area contributed by atoms with E-state index in [2.05, 4.69) is 36.3 Å². The van der Waals surface area contributed by atoms with E-state index in [1.165, 1.54) is 0 Å². The number of carbonyl (C=O) groups excluding carboxylic acids is 2. The summed E-state index contributed by atoms with van der Waals surface area (Å²) in [6.07, 6.45) is 0.126. The molecule has 4 aromatic rings. The largest absolute Gasteiger partial charge is 0.488 e. The molecule has 1 aliphatic heterocycles. The molecule has 0 saturated carbocycles. The van der Waals surface area contributed by atoms with E-state index in [9.17, 15) is 14.7 Å². The average molecular weight is 622 g/mol. The molecule has 0 spiro atoms. The van der Waals surface area contributed by atoms with Crippen molar-refractivity contribution >= 4 is 17.5 Å². The molecule has 2 N–H and O–H groups in total. The van der Waals surface area contributed by atoms with Gasteiger partial charge in [-0.1, -0.05) is 67.6 Å². The molecule has 240 valence electrons. The Morgan fingerprint density at radius 2 is 1.65 bits per heavy atom. The van der Waals surface area contributed by atoms with Crippen molar-refractivity contribution in [2.45, 2.75) is 45.4 Å². The van der Waals surface area contributed by atoms with Gasteiger partial charge in [-0.05, 0) is 67.6 Å². The van der Waals surface area contributed by atoms with Gasteiger partial charge < -0.3 is 24.8 Å². The second-order valence-electron chi connectivity index (χ2n) is 12.2. The van der Waals surface area contributed by atoms with Crippen molar-refractivity contribution in [1.82, 2.24) is 9.80 Å². The lowest BCUT2D eigenvalue weighted by atomic mass is 10.0. The number of anilines is 1. The highest BCUT2D eigenvalue weighted by molar-refractivity contribution is 5.92. The van der Waals surface area contributed by atoms with Gasteiger partial charge in [0.2, 0.25) is 11.8 Å². The second-order valence-corrected chi connectivity index (χ2v) is 12.2. The number of amides is 2. The average Bonchev–Trinajstić information content (AvgIpc) is 3.09. The van der Waals surface area contributed by atoms with Crippen LogP contribution in [0, 0.1) is 5.92 Å². The van der Waals surface area contributed by atoms with E-state index in [0.717, 1.165) is 22.6 Å². The third-order valence-corrected chi connectivity index (χ3v) is 8.25. The molecule has 46 heavy (non-hydrogen) atoms. The first kappa shape index (κ1) is 32.7. The van der Waals surface area contributed by atoms with Crippen LogP contribution in [0.15, 0.2) is 103 Å². The summed E-state index contributed by atoms with van der Waals surface area (Å²) < 4.78 is 12.6. The van der Waals surface area contributed by atoms with Gasteiger partial charge in [0.1, 0.15) is 23.4 Å². The van der Waals surface area contributed by atoms with Gasteiger partial charge in [0, 0.05) is 36.8 Å². The van der Waals surface area contributed by atoms with Crippen LogP contribution in [-0.4, -0.2) is 65.6 Å². The molecule has 1 aliphatic rings. The summed E-state index contributed by atoms with van der Waals surface area (Å²) in [7, 11) is 2.06. The van der Waals surface area contributed by atoms with E-state index in [1.807, 2.05) is 97.9 Å². The number of nitrogens with zero attached hydrogens (tertiary/aromatic N) is 2. The molecule has 0 aliphatic carbocycles. The van der Waals surface area contributed by atoms with Gasteiger partial charge >= 0.3 is 0 Å². The number of para-hydroxylation sites is 1. The van der Waals surface area contributed by atoms with Gasteiger partial charge in [0.25, 0.3) is 0 Å². The van der Waals surface area contributed by atoms with Crippen LogP contribution in [0.25, 0.3) is 0 Å². The highest BCUT2D eigenvalue weighted by Gasteiger charge is 2.31. The molecule has 3 atom stereocenters. The summed E-state index contributed by atoms with van der Waals surface area (Å²) >= 11 is 0. The number of benzene rings is 4. The molecule has 0 aromatic heterocycles. The highest BCUT2D eigenvalue weighted by atomic mass is 16.5. The Balaban J connectivity index is 1.30. The van der Waals surface area contributed by atoms with Crippen LogP contribution < -0.4 is 14.8 Å². The molecule has 0 fully saturated rings. The number of hydrogen-bond donors (Lipinski definition) is 2. The maximum Gasteiger partial charge on any atom is 0.228 e. The third-order valence-electron chi connectivity index (χ3n) is 8.25. The summed E-state index contributed by atoms with van der Waals surface area (Å²) in [4.78, 5) is 30.3. The second kappa shape index (κ2) is 15.6. The van der Waals surface area contributed by atoms with E-state index in [1.54, 1.807) is 4.90 Å². The van der Waals surface area contributed by atoms with Crippen molar-refractivity contribution in [3.63, 3.8) is 0 Å². The van der Waals surface area contributed by atoms with Crippen LogP contribution in [-0.2, 0) is 29.0 Å². The van der Waals surface area contributed by atoms with Crippen molar-refractivity contribution in [2.24, 2.45) is 5.92 Å². The van der Waals surface area contributed by atoms with Crippen LogP contribution in [0.1, 0.15) is 30.5 Å². The van der Waals surface area contributed by atoms with Crippen molar-refractivity contribution in [3.05, 3.63) is 120 Å². The first-order valence-electron chi connectivity index (χ1n) is 15.8. The lowest BCUT2D eigenvalue weighted by molar-refractivity contribution is -0.134. The molecule has 4 aromatic carbocycles. The number of nitrogens with one attached hydrogen (secondary N) is 1. The quantitative estimate of drug-likeness (QED) is 0.215. The van der Waals surface area contributed by atoms with Gasteiger partial charge in [-0.3, -0.25) is 14.5 Å². The molecule has 2 amide bonds. The van der Waals surface area contributed by atoms with E-state index < -0.39 is 0 Å². The van der Waals surface area contributed by atoms with E-state index >= 15 is 0 Å². The first-order chi connectivity index (χ1) is 22.3. The van der Waals surface area contributed by atoms with Crippen molar-refractivity contribution in [1.29, 1.82) is 0 Å². The summed E-state index contributed by atoms with van der Waals surface area (Å²) in [5.41, 5.74) is 3.37. The van der Waals surface area contributed by atoms with Gasteiger partial charge in [-0.15, -0.1) is 0 Å². The van der Waals surface area contributed by atoms with E-state index in [-0.39, 0.29) is 49.3 Å². The zero-order chi connectivity index (χ0) is 32.5. The van der Waals surface area contributed by atoms with Crippen LogP contribution in [0.3, 0.4) is 0 Å². The standard InChI is InChI=1S/C38H43N3O5/c1-27-23-41(28(2)26-42)38(44)22-31-21-32(39-37(43)20-29-10-6-4-7-11-29)16-19-35(31)46-36(27)25-40(3)24-30-14-17-34(18-15-30)45-33-12-8-5-9-13-33/h4-19,21,27-28,36,42H,20,22-26H2,1-3H3,(H,39,43)/t27-,28-,36-/m1/s1. The maximum atomic E-state index is 13.6. The number of fused-ring (bicyclic) bond motifs is 1. The van der Waals surface area contributed by atoms with Crippen LogP contribution >= 0.6 is 0 Å². The van der Waals surface area contributed by atoms with Gasteiger partial charge in [0.05, 0.1) is 25.5 Å². The van der Waals surface area contributed by atoms with Crippen LogP contribution in [0.5, 0.6) is 17.2 Å². The van der Waals surface area contributed by atoms with Gasteiger partial charge in [0.15, 0.2) is 0 Å². The van der Waals surface area contributed by atoms with Crippen LogP contribution in [0.4, 0.5) is 5.69 Å². The molecule has 8 nitrogen and oxygen atoms in total. The zero-order valence-corrected chi connectivity index (χ0v) is 26.8. The van der Waals surface area contributed by atoms with Crippen LogP contribution in [0.2, 0.25) is 0 Å². The summed E-state index contributed by atoms with van der Waals surface area (Å²) in [6.45, 7) is 5.59. The Morgan fingerprint density at radius 1 is 0.978 bits per heavy atom. The molecule has 0 radical (unpaired) electrons. The molecular formula is C38H43N3O5. The Bertz CT molecular complexity index is 1580. The fourth-order valence-corrected chi connectivity index (χ4v) is 5.68. The molecule has 1 heterocycles. The maximum absolute atomic E-state index is 13.6. The minimum absolute atomic E-state index is 0.0155. The number of ether oxygens (including phenoxy) is 2. The minimum atomic E-state index is -0.333. The molecule has 8 heteroatoms. The number of aliphatic hydroxyl groups excluding tert-OH is 1. The molecule has 0 saturated heterocycles. The Morgan fingerprint density at radius 3 is 2.35 bits per heavy atom. The predicted octanol–water partition coefficient (Wildman–Crippen LogP) is 5.94. The lowest BCUT2D eigenvalue weighted by Crippen LogP contribution is -2.47. The molecular weight excluding hydrogens is 578 g/mol. The van der Waals surface area contributed by atoms with Crippen molar-refractivity contribution < 1.29 is 24.2 Å². The Kier molecular flexibility index (Phi) is 11.1. The van der Waals surface area contributed by atoms with Crippen molar-refractivity contribution in [2.75, 3.05) is 32.1 Å². The lowest BCUT2D eigenvalue weighted by Gasteiger charge is -2.34. The highest BCUT2D eigenvalue weighted by Crippen LogP contribution is 2.30. The Labute approximate surface area is 271 Å². The summed E-state index contributed by atoms with van der Waals surface area (Å²) in [5, 5.41) is 12.9. The van der Waals surface area contributed by atoms with Gasteiger partial charge in [-0.2, -0.15) is 0 Å². The first-order valence-corrected chi connectivity index (χ1v) is 15.8. The van der Waals surface area contributed by atoms with E-state index in [4.69, 9.17) is 9.47 Å². The zero-order valence-electron chi connectivity index (χ0n) is 26.8.